The zero-order chi connectivity index (χ0) is 22.8. The third-order valence-corrected chi connectivity index (χ3v) is 6.22. The highest BCUT2D eigenvalue weighted by Crippen LogP contribution is 2.52. The molecule has 0 atom stereocenters. The van der Waals surface area contributed by atoms with Crippen molar-refractivity contribution in [2.75, 3.05) is 0 Å². The van der Waals surface area contributed by atoms with Gasteiger partial charge in [0.1, 0.15) is 11.5 Å². The molecule has 0 spiro atoms. The summed E-state index contributed by atoms with van der Waals surface area (Å²) in [5, 5.41) is 0. The summed E-state index contributed by atoms with van der Waals surface area (Å²) in [5.74, 6) is 1.09. The van der Waals surface area contributed by atoms with Crippen LogP contribution in [0.4, 0.5) is 0 Å². The summed E-state index contributed by atoms with van der Waals surface area (Å²) in [6.07, 6.45) is 0. The monoisotopic (exact) mass is 406 g/mol. The summed E-state index contributed by atoms with van der Waals surface area (Å²) in [6, 6.07) is 8.22. The highest BCUT2D eigenvalue weighted by atomic mass is 16.5. The summed E-state index contributed by atoms with van der Waals surface area (Å²) < 4.78 is 6.39. The van der Waals surface area contributed by atoms with E-state index in [0.29, 0.717) is 22.6 Å². The van der Waals surface area contributed by atoms with Crippen molar-refractivity contribution in [2.24, 2.45) is 0 Å². The maximum Gasteiger partial charge on any atom is 0.163 e. The molecule has 0 radical (unpaired) electrons. The number of rotatable bonds is 2. The van der Waals surface area contributed by atoms with Gasteiger partial charge in [-0.2, -0.15) is 0 Å². The summed E-state index contributed by atoms with van der Waals surface area (Å²) in [5.41, 5.74) is 4.72. The van der Waals surface area contributed by atoms with Crippen LogP contribution in [0.5, 0.6) is 11.5 Å². The van der Waals surface area contributed by atoms with E-state index in [9.17, 15) is 9.59 Å². The number of hydrogen-bond donors (Lipinski definition) is 0. The van der Waals surface area contributed by atoms with E-state index in [1.807, 2.05) is 12.1 Å². The van der Waals surface area contributed by atoms with Crippen LogP contribution in [0.3, 0.4) is 0 Å². The van der Waals surface area contributed by atoms with E-state index in [1.54, 1.807) is 13.8 Å². The van der Waals surface area contributed by atoms with E-state index < -0.39 is 5.41 Å². The van der Waals surface area contributed by atoms with Crippen LogP contribution in [-0.2, 0) is 16.2 Å². The lowest BCUT2D eigenvalue weighted by Gasteiger charge is -2.38. The number of fused-ring (bicyclic) bond motifs is 2. The fourth-order valence-corrected chi connectivity index (χ4v) is 4.04. The Bertz CT molecular complexity index is 973. The average Bonchev–Trinajstić information content (AvgIpc) is 2.58. The predicted molar refractivity (Wildman–Crippen MR) is 122 cm³/mol. The van der Waals surface area contributed by atoms with Crippen LogP contribution in [0.15, 0.2) is 24.3 Å². The maximum atomic E-state index is 12.6. The van der Waals surface area contributed by atoms with Crippen LogP contribution >= 0.6 is 0 Å². The van der Waals surface area contributed by atoms with Gasteiger partial charge in [0.2, 0.25) is 0 Å². The van der Waals surface area contributed by atoms with Gasteiger partial charge >= 0.3 is 0 Å². The Hall–Kier alpha value is -2.42. The van der Waals surface area contributed by atoms with Crippen LogP contribution in [-0.4, -0.2) is 11.6 Å². The fourth-order valence-electron chi connectivity index (χ4n) is 4.04. The van der Waals surface area contributed by atoms with Crippen LogP contribution in [0, 0.1) is 0 Å². The minimum Gasteiger partial charge on any atom is -0.455 e. The molecule has 0 saturated heterocycles. The molecule has 0 aromatic heterocycles. The maximum absolute atomic E-state index is 12.6. The van der Waals surface area contributed by atoms with Crippen molar-refractivity contribution in [3.63, 3.8) is 0 Å². The molecule has 0 saturated carbocycles. The van der Waals surface area contributed by atoms with Crippen LogP contribution < -0.4 is 4.74 Å². The standard InChI is InChI=1S/C27H34O3/c1-15(28)19-11-17(25(3,4)5)13-21-23(19)30-24-20(16(2)29)12-18(26(6,7)8)14-22(24)27(21,9)10/h11-14H,1-10H3. The van der Waals surface area contributed by atoms with Gasteiger partial charge in [-0.3, -0.25) is 9.59 Å². The van der Waals surface area contributed by atoms with Gasteiger partial charge in [-0.05, 0) is 47.9 Å². The van der Waals surface area contributed by atoms with Gasteiger partial charge in [-0.25, -0.2) is 0 Å². The van der Waals surface area contributed by atoms with Gasteiger partial charge in [-0.1, -0.05) is 67.5 Å². The first kappa shape index (κ1) is 22.3. The number of carbonyl (C=O) groups excluding carboxylic acids is 2. The van der Waals surface area contributed by atoms with Crippen LogP contribution in [0.2, 0.25) is 0 Å². The lowest BCUT2D eigenvalue weighted by Crippen LogP contribution is -2.29. The Labute approximate surface area is 180 Å². The molecule has 0 fully saturated rings. The third-order valence-electron chi connectivity index (χ3n) is 6.22. The van der Waals surface area contributed by atoms with Gasteiger partial charge in [-0.15, -0.1) is 0 Å². The second-order valence-corrected chi connectivity index (χ2v) is 11.1. The fraction of sp³-hybridized carbons (Fsp3) is 0.481. The normalized spacial score (nSPS) is 15.1. The Morgan fingerprint density at radius 1 is 0.700 bits per heavy atom. The molecule has 3 nitrogen and oxygen atoms in total. The molecule has 0 amide bonds. The zero-order valence-corrected chi connectivity index (χ0v) is 20.0. The molecule has 0 bridgehead atoms. The smallest absolute Gasteiger partial charge is 0.163 e. The van der Waals surface area contributed by atoms with Gasteiger partial charge in [0.25, 0.3) is 0 Å². The molecule has 3 heteroatoms. The molecule has 160 valence electrons. The molecule has 0 unspecified atom stereocenters. The minimum atomic E-state index is -0.417. The van der Waals surface area contributed by atoms with Gasteiger partial charge in [0.15, 0.2) is 11.6 Å². The van der Waals surface area contributed by atoms with E-state index in [4.69, 9.17) is 4.74 Å². The number of benzene rings is 2. The summed E-state index contributed by atoms with van der Waals surface area (Å²) >= 11 is 0. The van der Waals surface area contributed by atoms with E-state index in [-0.39, 0.29) is 22.4 Å². The van der Waals surface area contributed by atoms with Crippen molar-refractivity contribution in [2.45, 2.75) is 85.5 Å². The quantitative estimate of drug-likeness (QED) is 0.499. The van der Waals surface area contributed by atoms with E-state index in [1.165, 1.54) is 0 Å². The third kappa shape index (κ3) is 3.59. The zero-order valence-electron chi connectivity index (χ0n) is 20.0. The number of ketones is 2. The van der Waals surface area contributed by atoms with E-state index in [2.05, 4.69) is 67.5 Å². The number of ether oxygens (including phenoxy) is 1. The average molecular weight is 407 g/mol. The minimum absolute atomic E-state index is 0.0349. The SMILES string of the molecule is CC(=O)c1cc(C(C)(C)C)cc2c1Oc1c(C(C)=O)cc(C(C)(C)C)cc1C2(C)C. The molecular formula is C27H34O3. The molecule has 30 heavy (non-hydrogen) atoms. The molecule has 1 heterocycles. The lowest BCUT2D eigenvalue weighted by molar-refractivity contribution is 0.101. The topological polar surface area (TPSA) is 43.4 Å². The number of carbonyl (C=O) groups is 2. The number of Topliss-reactive ketones (excluding diaryl/α,β-unsaturated/α-hetero) is 2. The van der Waals surface area contributed by atoms with Crippen LogP contribution in [0.25, 0.3) is 0 Å². The molecule has 1 aliphatic rings. The second kappa shape index (κ2) is 6.80. The van der Waals surface area contributed by atoms with E-state index in [0.717, 1.165) is 22.3 Å². The number of hydrogen-bond acceptors (Lipinski definition) is 3. The first-order chi connectivity index (χ1) is 13.5. The molecular weight excluding hydrogens is 372 g/mol. The summed E-state index contributed by atoms with van der Waals surface area (Å²) in [6.45, 7) is 20.3. The largest absolute Gasteiger partial charge is 0.455 e. The van der Waals surface area contributed by atoms with Crippen LogP contribution in [0.1, 0.15) is 112 Å². The van der Waals surface area contributed by atoms with Gasteiger partial charge < -0.3 is 4.74 Å². The van der Waals surface area contributed by atoms with Crippen molar-refractivity contribution in [3.8, 4) is 11.5 Å². The molecule has 1 aliphatic heterocycles. The van der Waals surface area contributed by atoms with Gasteiger partial charge in [0, 0.05) is 16.5 Å². The Morgan fingerprint density at radius 2 is 1.03 bits per heavy atom. The highest BCUT2D eigenvalue weighted by molar-refractivity contribution is 6.00. The van der Waals surface area contributed by atoms with E-state index >= 15 is 0 Å². The van der Waals surface area contributed by atoms with Crippen molar-refractivity contribution in [1.82, 2.24) is 0 Å². The Balaban J connectivity index is 2.41. The first-order valence-corrected chi connectivity index (χ1v) is 10.6. The van der Waals surface area contributed by atoms with Crippen molar-refractivity contribution < 1.29 is 14.3 Å². The summed E-state index contributed by atoms with van der Waals surface area (Å²) in [7, 11) is 0. The van der Waals surface area contributed by atoms with Crippen molar-refractivity contribution in [3.05, 3.63) is 57.6 Å². The molecule has 2 aromatic carbocycles. The molecule has 2 aromatic rings. The molecule has 0 aliphatic carbocycles. The Kier molecular flexibility index (Phi) is 5.05. The van der Waals surface area contributed by atoms with Gasteiger partial charge in [0.05, 0.1) is 11.1 Å². The lowest BCUT2D eigenvalue weighted by atomic mass is 9.70. The Morgan fingerprint density at radius 3 is 1.30 bits per heavy atom. The van der Waals surface area contributed by atoms with Crippen molar-refractivity contribution >= 4 is 11.6 Å². The molecule has 0 N–H and O–H groups in total. The van der Waals surface area contributed by atoms with Crippen molar-refractivity contribution in [1.29, 1.82) is 0 Å². The summed E-state index contributed by atoms with van der Waals surface area (Å²) in [4.78, 5) is 25.2. The second-order valence-electron chi connectivity index (χ2n) is 11.1. The first-order valence-electron chi connectivity index (χ1n) is 10.6. The predicted octanol–water partition coefficient (Wildman–Crippen LogP) is 7.12. The molecule has 3 rings (SSSR count). The highest BCUT2D eigenvalue weighted by Gasteiger charge is 2.40.